The van der Waals surface area contributed by atoms with Crippen LogP contribution in [-0.4, -0.2) is 12.5 Å². The Balaban J connectivity index is 1.59. The van der Waals surface area contributed by atoms with Gasteiger partial charge >= 0.3 is 0 Å². The lowest BCUT2D eigenvalue weighted by molar-refractivity contribution is -0.118. The summed E-state index contributed by atoms with van der Waals surface area (Å²) in [6.07, 6.45) is 0.466. The third-order valence-corrected chi connectivity index (χ3v) is 4.48. The second-order valence-electron chi connectivity index (χ2n) is 6.72. The van der Waals surface area contributed by atoms with Crippen molar-refractivity contribution in [1.29, 1.82) is 0 Å². The molecule has 138 valence electrons. The van der Waals surface area contributed by atoms with E-state index in [1.165, 1.54) is 11.1 Å². The summed E-state index contributed by atoms with van der Waals surface area (Å²) in [5.41, 5.74) is 4.56. The number of hydrogen-bond donors (Lipinski definition) is 1. The van der Waals surface area contributed by atoms with Crippen LogP contribution in [0.2, 0.25) is 0 Å². The summed E-state index contributed by atoms with van der Waals surface area (Å²) in [6.45, 7) is 4.11. The number of aryl methyl sites for hydroxylation is 1. The highest BCUT2D eigenvalue weighted by Crippen LogP contribution is 2.18. The number of hydrogen-bond acceptors (Lipinski definition) is 2. The standard InChI is InChI=1S/C24H26N2O/c1-20-9-8-12-22(17-20)18-25-16-15-24(27)26(23-13-6-3-7-14-23)19-21-10-4-2-5-11-21/h2-14,17,25H,15-16,18-19H2,1H3. The first kappa shape index (κ1) is 18.9. The first-order valence-corrected chi connectivity index (χ1v) is 9.38. The Morgan fingerprint density at radius 3 is 2.22 bits per heavy atom. The SMILES string of the molecule is Cc1cccc(CNCCC(=O)N(Cc2ccccc2)c2ccccc2)c1. The molecule has 0 bridgehead atoms. The van der Waals surface area contributed by atoms with Gasteiger partial charge in [0.25, 0.3) is 0 Å². The molecule has 0 heterocycles. The van der Waals surface area contributed by atoms with Crippen molar-refractivity contribution in [3.63, 3.8) is 0 Å². The molecule has 3 nitrogen and oxygen atoms in total. The summed E-state index contributed by atoms with van der Waals surface area (Å²) >= 11 is 0. The lowest BCUT2D eigenvalue weighted by Gasteiger charge is -2.23. The zero-order chi connectivity index (χ0) is 18.9. The van der Waals surface area contributed by atoms with Crippen LogP contribution in [0.25, 0.3) is 0 Å². The van der Waals surface area contributed by atoms with E-state index in [4.69, 9.17) is 0 Å². The van der Waals surface area contributed by atoms with Crippen LogP contribution in [0.4, 0.5) is 5.69 Å². The van der Waals surface area contributed by atoms with Crippen molar-refractivity contribution in [2.75, 3.05) is 11.4 Å². The third kappa shape index (κ3) is 5.80. The van der Waals surface area contributed by atoms with Crippen LogP contribution in [0.5, 0.6) is 0 Å². The van der Waals surface area contributed by atoms with Crippen molar-refractivity contribution >= 4 is 11.6 Å². The van der Waals surface area contributed by atoms with Gasteiger partial charge in [-0.2, -0.15) is 0 Å². The average Bonchev–Trinajstić information content (AvgIpc) is 2.71. The molecule has 1 N–H and O–H groups in total. The van der Waals surface area contributed by atoms with Crippen LogP contribution in [0.15, 0.2) is 84.9 Å². The number of para-hydroxylation sites is 1. The monoisotopic (exact) mass is 358 g/mol. The Morgan fingerprint density at radius 1 is 0.852 bits per heavy atom. The van der Waals surface area contributed by atoms with Crippen molar-refractivity contribution in [2.45, 2.75) is 26.4 Å². The topological polar surface area (TPSA) is 32.3 Å². The van der Waals surface area contributed by atoms with E-state index in [9.17, 15) is 4.79 Å². The number of carbonyl (C=O) groups is 1. The van der Waals surface area contributed by atoms with Crippen molar-refractivity contribution in [3.8, 4) is 0 Å². The van der Waals surface area contributed by atoms with Crippen LogP contribution in [0.1, 0.15) is 23.1 Å². The highest BCUT2D eigenvalue weighted by molar-refractivity contribution is 5.93. The first-order valence-electron chi connectivity index (χ1n) is 9.38. The minimum Gasteiger partial charge on any atom is -0.312 e. The van der Waals surface area contributed by atoms with Crippen LogP contribution >= 0.6 is 0 Å². The van der Waals surface area contributed by atoms with Gasteiger partial charge in [0.2, 0.25) is 5.91 Å². The summed E-state index contributed by atoms with van der Waals surface area (Å²) in [7, 11) is 0. The largest absolute Gasteiger partial charge is 0.312 e. The molecule has 3 heteroatoms. The van der Waals surface area contributed by atoms with E-state index in [1.807, 2.05) is 53.4 Å². The molecular formula is C24H26N2O. The molecule has 0 aliphatic carbocycles. The lowest BCUT2D eigenvalue weighted by Crippen LogP contribution is -2.32. The summed E-state index contributed by atoms with van der Waals surface area (Å²) in [6, 6.07) is 28.4. The molecule has 0 aliphatic heterocycles. The van der Waals surface area contributed by atoms with Gasteiger partial charge in [0.05, 0.1) is 6.54 Å². The quantitative estimate of drug-likeness (QED) is 0.592. The Kier molecular flexibility index (Phi) is 6.78. The van der Waals surface area contributed by atoms with Gasteiger partial charge in [-0.25, -0.2) is 0 Å². The van der Waals surface area contributed by atoms with Gasteiger partial charge in [0, 0.05) is 25.2 Å². The number of benzene rings is 3. The van der Waals surface area contributed by atoms with Gasteiger partial charge < -0.3 is 10.2 Å². The smallest absolute Gasteiger partial charge is 0.228 e. The van der Waals surface area contributed by atoms with Gasteiger partial charge in [-0.15, -0.1) is 0 Å². The van der Waals surface area contributed by atoms with Crippen molar-refractivity contribution in [2.24, 2.45) is 0 Å². The van der Waals surface area contributed by atoms with Crippen LogP contribution < -0.4 is 10.2 Å². The third-order valence-electron chi connectivity index (χ3n) is 4.48. The number of nitrogens with one attached hydrogen (secondary N) is 1. The molecule has 0 aliphatic rings. The second-order valence-corrected chi connectivity index (χ2v) is 6.72. The van der Waals surface area contributed by atoms with E-state index >= 15 is 0 Å². The molecule has 0 atom stereocenters. The second kappa shape index (κ2) is 9.70. The first-order chi connectivity index (χ1) is 13.2. The molecule has 0 radical (unpaired) electrons. The normalized spacial score (nSPS) is 10.6. The predicted molar refractivity (Wildman–Crippen MR) is 112 cm³/mol. The number of carbonyl (C=O) groups excluding carboxylic acids is 1. The Morgan fingerprint density at radius 2 is 1.52 bits per heavy atom. The molecule has 3 aromatic carbocycles. The number of amides is 1. The fraction of sp³-hybridized carbons (Fsp3) is 0.208. The van der Waals surface area contributed by atoms with Crippen molar-refractivity contribution in [3.05, 3.63) is 102 Å². The minimum atomic E-state index is 0.127. The molecule has 0 spiro atoms. The minimum absolute atomic E-state index is 0.127. The zero-order valence-corrected chi connectivity index (χ0v) is 15.8. The lowest BCUT2D eigenvalue weighted by atomic mass is 10.1. The van der Waals surface area contributed by atoms with Crippen LogP contribution in [-0.2, 0) is 17.9 Å². The van der Waals surface area contributed by atoms with Crippen molar-refractivity contribution < 1.29 is 4.79 Å². The fourth-order valence-electron chi connectivity index (χ4n) is 3.08. The van der Waals surface area contributed by atoms with Gasteiger partial charge in [0.1, 0.15) is 0 Å². The number of anilines is 1. The maximum absolute atomic E-state index is 12.9. The molecule has 3 rings (SSSR count). The molecule has 0 saturated carbocycles. The Bertz CT molecular complexity index is 847. The van der Waals surface area contributed by atoms with Gasteiger partial charge in [-0.1, -0.05) is 78.4 Å². The number of nitrogens with zero attached hydrogens (tertiary/aromatic N) is 1. The highest BCUT2D eigenvalue weighted by atomic mass is 16.2. The van der Waals surface area contributed by atoms with Crippen molar-refractivity contribution in [1.82, 2.24) is 5.32 Å². The van der Waals surface area contributed by atoms with Gasteiger partial charge in [-0.05, 0) is 30.2 Å². The molecule has 0 fully saturated rings. The Hall–Kier alpha value is -2.91. The molecule has 0 saturated heterocycles. The fourth-order valence-corrected chi connectivity index (χ4v) is 3.08. The number of rotatable bonds is 8. The highest BCUT2D eigenvalue weighted by Gasteiger charge is 2.15. The molecule has 0 unspecified atom stereocenters. The van der Waals surface area contributed by atoms with Crippen LogP contribution in [0, 0.1) is 6.92 Å². The van der Waals surface area contributed by atoms with E-state index in [-0.39, 0.29) is 5.91 Å². The average molecular weight is 358 g/mol. The van der Waals surface area contributed by atoms with E-state index in [1.54, 1.807) is 0 Å². The molecule has 0 aromatic heterocycles. The molecule has 1 amide bonds. The van der Waals surface area contributed by atoms with Gasteiger partial charge in [-0.3, -0.25) is 4.79 Å². The predicted octanol–water partition coefficient (Wildman–Crippen LogP) is 4.71. The summed E-state index contributed by atoms with van der Waals surface area (Å²) < 4.78 is 0. The van der Waals surface area contributed by atoms with E-state index in [0.29, 0.717) is 19.5 Å². The molecule has 3 aromatic rings. The maximum atomic E-state index is 12.9. The summed E-state index contributed by atoms with van der Waals surface area (Å²) in [5, 5.41) is 3.38. The summed E-state index contributed by atoms with van der Waals surface area (Å²) in [4.78, 5) is 14.8. The van der Waals surface area contributed by atoms with E-state index in [0.717, 1.165) is 17.8 Å². The van der Waals surface area contributed by atoms with E-state index < -0.39 is 0 Å². The van der Waals surface area contributed by atoms with Crippen LogP contribution in [0.3, 0.4) is 0 Å². The van der Waals surface area contributed by atoms with Gasteiger partial charge in [0.15, 0.2) is 0 Å². The molecular weight excluding hydrogens is 332 g/mol. The summed E-state index contributed by atoms with van der Waals surface area (Å²) in [5.74, 6) is 0.127. The Labute approximate surface area is 161 Å². The molecule has 27 heavy (non-hydrogen) atoms. The van der Waals surface area contributed by atoms with E-state index in [2.05, 4.69) is 48.6 Å². The zero-order valence-electron chi connectivity index (χ0n) is 15.8. The maximum Gasteiger partial charge on any atom is 0.228 e.